The summed E-state index contributed by atoms with van der Waals surface area (Å²) in [6.07, 6.45) is 1.62. The molecule has 1 aliphatic rings. The molecule has 0 unspecified atom stereocenters. The minimum absolute atomic E-state index is 0.168. The third-order valence-electron chi connectivity index (χ3n) is 4.24. The molecule has 3 N–H and O–H groups in total. The molecule has 0 radical (unpaired) electrons. The number of rotatable bonds is 6. The van der Waals surface area contributed by atoms with Crippen molar-refractivity contribution < 1.29 is 23.9 Å². The van der Waals surface area contributed by atoms with E-state index in [2.05, 4.69) is 4.99 Å². The number of nitrogens with one attached hydrogen (secondary N) is 1. The molecule has 0 atom stereocenters. The lowest BCUT2D eigenvalue weighted by Crippen LogP contribution is -2.37. The number of urea groups is 1. The van der Waals surface area contributed by atoms with Crippen molar-refractivity contribution in [2.24, 2.45) is 10.7 Å². The molecule has 1 heterocycles. The summed E-state index contributed by atoms with van der Waals surface area (Å²) in [6.45, 7) is 0. The van der Waals surface area contributed by atoms with Crippen LogP contribution >= 0.6 is 23.4 Å². The zero-order valence-corrected chi connectivity index (χ0v) is 18.7. The maximum absolute atomic E-state index is 13.2. The van der Waals surface area contributed by atoms with Crippen LogP contribution in [0.3, 0.4) is 0 Å². The average molecular weight is 475 g/mol. The van der Waals surface area contributed by atoms with Crippen LogP contribution in [0.2, 0.25) is 5.02 Å². The number of aliphatic imine (C=N–C) groups is 1. The summed E-state index contributed by atoms with van der Waals surface area (Å²) < 4.78 is 10.4. The number of hydrogen-bond donors (Lipinski definition) is 2. The van der Waals surface area contributed by atoms with Crippen molar-refractivity contribution in [1.29, 1.82) is 0 Å². The molecule has 166 valence electrons. The molecule has 0 saturated heterocycles. The van der Waals surface area contributed by atoms with Gasteiger partial charge in [0.2, 0.25) is 5.91 Å². The number of anilines is 1. The Labute approximate surface area is 193 Å². The Hall–Kier alpha value is -3.50. The van der Waals surface area contributed by atoms with Gasteiger partial charge in [-0.05, 0) is 35.9 Å². The summed E-state index contributed by atoms with van der Waals surface area (Å²) in [5, 5.41) is 2.60. The van der Waals surface area contributed by atoms with Gasteiger partial charge < -0.3 is 15.2 Å². The Balaban J connectivity index is 1.94. The van der Waals surface area contributed by atoms with Crippen molar-refractivity contribution in [3.63, 3.8) is 0 Å². The van der Waals surface area contributed by atoms with Gasteiger partial charge in [-0.15, -0.1) is 0 Å². The number of ether oxygens (including phenoxy) is 2. The first-order chi connectivity index (χ1) is 15.3. The van der Waals surface area contributed by atoms with E-state index in [4.69, 9.17) is 26.8 Å². The fraction of sp³-hybridized carbons (Fsp3) is 0.143. The SMILES string of the molecule is COc1ccc(C=C2N=C(SCC(=O)NC(N)=O)N(c3ccc(Cl)c(OC)c3)C2=O)cc1. The van der Waals surface area contributed by atoms with Crippen molar-refractivity contribution >= 4 is 58.1 Å². The van der Waals surface area contributed by atoms with Crippen molar-refractivity contribution in [2.45, 2.75) is 0 Å². The number of carbonyl (C=O) groups is 3. The Morgan fingerprint density at radius 3 is 2.53 bits per heavy atom. The highest BCUT2D eigenvalue weighted by molar-refractivity contribution is 8.14. The molecule has 9 nitrogen and oxygen atoms in total. The second-order valence-corrected chi connectivity index (χ2v) is 7.71. The normalized spacial score (nSPS) is 14.3. The van der Waals surface area contributed by atoms with Gasteiger partial charge in [0.15, 0.2) is 5.17 Å². The fourth-order valence-corrected chi connectivity index (χ4v) is 3.78. The van der Waals surface area contributed by atoms with Gasteiger partial charge >= 0.3 is 6.03 Å². The minimum Gasteiger partial charge on any atom is -0.497 e. The van der Waals surface area contributed by atoms with Crippen LogP contribution in [0, 0.1) is 0 Å². The molecule has 1 aliphatic heterocycles. The smallest absolute Gasteiger partial charge is 0.318 e. The van der Waals surface area contributed by atoms with E-state index in [-0.39, 0.29) is 16.6 Å². The van der Waals surface area contributed by atoms with E-state index in [9.17, 15) is 14.4 Å². The van der Waals surface area contributed by atoms with Crippen LogP contribution in [0.5, 0.6) is 11.5 Å². The Morgan fingerprint density at radius 1 is 1.19 bits per heavy atom. The lowest BCUT2D eigenvalue weighted by molar-refractivity contribution is -0.117. The van der Waals surface area contributed by atoms with Gasteiger partial charge in [0.05, 0.1) is 30.7 Å². The van der Waals surface area contributed by atoms with Crippen LogP contribution < -0.4 is 25.4 Å². The number of imide groups is 1. The van der Waals surface area contributed by atoms with Crippen molar-refractivity contribution in [2.75, 3.05) is 24.9 Å². The highest BCUT2D eigenvalue weighted by Gasteiger charge is 2.33. The number of amides is 4. The second-order valence-electron chi connectivity index (χ2n) is 6.36. The molecule has 0 fully saturated rings. The van der Waals surface area contributed by atoms with E-state index >= 15 is 0 Å². The monoisotopic (exact) mass is 474 g/mol. The topological polar surface area (TPSA) is 123 Å². The molecular weight excluding hydrogens is 456 g/mol. The van der Waals surface area contributed by atoms with Gasteiger partial charge in [-0.1, -0.05) is 35.5 Å². The summed E-state index contributed by atoms with van der Waals surface area (Å²) in [5.74, 6) is -0.131. The van der Waals surface area contributed by atoms with Crippen LogP contribution in [-0.2, 0) is 9.59 Å². The number of carbonyl (C=O) groups excluding carboxylic acids is 3. The Kier molecular flexibility index (Phi) is 7.39. The quantitative estimate of drug-likeness (QED) is 0.620. The predicted molar refractivity (Wildman–Crippen MR) is 124 cm³/mol. The van der Waals surface area contributed by atoms with E-state index in [1.54, 1.807) is 55.7 Å². The van der Waals surface area contributed by atoms with E-state index in [0.717, 1.165) is 17.3 Å². The van der Waals surface area contributed by atoms with Crippen LogP contribution in [-0.4, -0.2) is 43.0 Å². The molecule has 0 spiro atoms. The first kappa shape index (κ1) is 23.2. The summed E-state index contributed by atoms with van der Waals surface area (Å²) in [7, 11) is 3.03. The van der Waals surface area contributed by atoms with Crippen molar-refractivity contribution in [3.05, 3.63) is 58.7 Å². The molecule has 0 aromatic heterocycles. The average Bonchev–Trinajstić information content (AvgIpc) is 3.08. The standard InChI is InChI=1S/C21H19ClN4O5S/c1-30-14-6-3-12(4-7-14)9-16-19(28)26(13-5-8-15(22)17(10-13)31-2)21(24-16)32-11-18(27)25-20(23)29/h3-10H,11H2,1-2H3,(H3,23,25,27,29). The van der Waals surface area contributed by atoms with Crippen LogP contribution in [0.25, 0.3) is 6.08 Å². The van der Waals surface area contributed by atoms with Crippen LogP contribution in [0.4, 0.5) is 10.5 Å². The fourth-order valence-electron chi connectivity index (χ4n) is 2.77. The first-order valence-corrected chi connectivity index (χ1v) is 10.5. The van der Waals surface area contributed by atoms with E-state index in [1.807, 2.05) is 5.32 Å². The summed E-state index contributed by atoms with van der Waals surface area (Å²) in [6, 6.07) is 11.0. The van der Waals surface area contributed by atoms with Crippen LogP contribution in [0.1, 0.15) is 5.56 Å². The lowest BCUT2D eigenvalue weighted by Gasteiger charge is -2.18. The third-order valence-corrected chi connectivity index (χ3v) is 5.49. The highest BCUT2D eigenvalue weighted by Crippen LogP contribution is 2.34. The van der Waals surface area contributed by atoms with Gasteiger partial charge in [0, 0.05) is 6.07 Å². The molecule has 0 bridgehead atoms. The lowest BCUT2D eigenvalue weighted by atomic mass is 10.2. The number of thioether (sulfide) groups is 1. The molecule has 2 aromatic carbocycles. The minimum atomic E-state index is -0.959. The van der Waals surface area contributed by atoms with Crippen molar-refractivity contribution in [3.8, 4) is 11.5 Å². The van der Waals surface area contributed by atoms with Gasteiger partial charge in [-0.3, -0.25) is 19.8 Å². The Bertz CT molecular complexity index is 1120. The molecule has 0 aliphatic carbocycles. The van der Waals surface area contributed by atoms with Gasteiger partial charge in [-0.2, -0.15) is 0 Å². The molecule has 11 heteroatoms. The molecule has 3 rings (SSSR count). The zero-order valence-electron chi connectivity index (χ0n) is 17.1. The van der Waals surface area contributed by atoms with Gasteiger partial charge in [0.1, 0.15) is 17.2 Å². The molecule has 0 saturated carbocycles. The van der Waals surface area contributed by atoms with Gasteiger partial charge in [-0.25, -0.2) is 9.79 Å². The van der Waals surface area contributed by atoms with E-state index in [1.165, 1.54) is 12.0 Å². The molecule has 32 heavy (non-hydrogen) atoms. The molecule has 2 aromatic rings. The molecular formula is C21H19ClN4O5S. The van der Waals surface area contributed by atoms with Crippen LogP contribution in [0.15, 0.2) is 53.2 Å². The number of benzene rings is 2. The first-order valence-electron chi connectivity index (χ1n) is 9.17. The summed E-state index contributed by atoms with van der Waals surface area (Å²) >= 11 is 7.08. The Morgan fingerprint density at radius 2 is 1.91 bits per heavy atom. The van der Waals surface area contributed by atoms with E-state index < -0.39 is 17.8 Å². The maximum atomic E-state index is 13.2. The van der Waals surface area contributed by atoms with E-state index in [0.29, 0.717) is 22.2 Å². The number of primary amides is 1. The van der Waals surface area contributed by atoms with Gasteiger partial charge in [0.25, 0.3) is 5.91 Å². The number of nitrogens with two attached hydrogens (primary N) is 1. The number of amidine groups is 1. The number of methoxy groups -OCH3 is 2. The number of halogens is 1. The second kappa shape index (κ2) is 10.2. The van der Waals surface area contributed by atoms with Crippen molar-refractivity contribution in [1.82, 2.24) is 5.32 Å². The largest absolute Gasteiger partial charge is 0.497 e. The number of nitrogens with zero attached hydrogens (tertiary/aromatic N) is 2. The summed E-state index contributed by atoms with van der Waals surface area (Å²) in [4.78, 5) is 41.7. The number of hydrogen-bond acceptors (Lipinski definition) is 7. The predicted octanol–water partition coefficient (Wildman–Crippen LogP) is 3.03. The summed E-state index contributed by atoms with van der Waals surface area (Å²) in [5.41, 5.74) is 6.34. The maximum Gasteiger partial charge on any atom is 0.318 e. The third kappa shape index (κ3) is 5.40. The zero-order chi connectivity index (χ0) is 23.3. The highest BCUT2D eigenvalue weighted by atomic mass is 35.5. The molecule has 4 amide bonds.